The monoisotopic (exact) mass is 292 g/mol. The van der Waals surface area contributed by atoms with Crippen molar-refractivity contribution in [2.75, 3.05) is 24.7 Å². The van der Waals surface area contributed by atoms with E-state index in [1.807, 2.05) is 0 Å². The molecule has 1 heterocycles. The molecule has 0 aromatic rings. The maximum atomic E-state index is 11.7. The molecule has 1 aliphatic rings. The van der Waals surface area contributed by atoms with Crippen LogP contribution in [0.3, 0.4) is 0 Å². The minimum atomic E-state index is -3.07. The van der Waals surface area contributed by atoms with E-state index in [4.69, 9.17) is 4.74 Å². The molecule has 1 aliphatic heterocycles. The molecule has 0 aromatic heterocycles. The Kier molecular flexibility index (Phi) is 5.74. The van der Waals surface area contributed by atoms with Gasteiger partial charge >= 0.3 is 5.97 Å². The van der Waals surface area contributed by atoms with E-state index in [-0.39, 0.29) is 30.4 Å². The summed E-state index contributed by atoms with van der Waals surface area (Å²) >= 11 is 0. The van der Waals surface area contributed by atoms with E-state index in [9.17, 15) is 18.0 Å². The topological polar surface area (TPSA) is 102 Å². The predicted octanol–water partition coefficient (Wildman–Crippen LogP) is -1.17. The highest BCUT2D eigenvalue weighted by Crippen LogP contribution is 2.05. The van der Waals surface area contributed by atoms with Crippen molar-refractivity contribution in [2.24, 2.45) is 0 Å². The normalized spacial score (nSPS) is 23.4. The van der Waals surface area contributed by atoms with Crippen molar-refractivity contribution in [1.82, 2.24) is 10.6 Å². The van der Waals surface area contributed by atoms with Gasteiger partial charge in [0.25, 0.3) is 0 Å². The second-order valence-electron chi connectivity index (χ2n) is 4.51. The highest BCUT2D eigenvalue weighted by molar-refractivity contribution is 7.91. The summed E-state index contributed by atoms with van der Waals surface area (Å²) in [7, 11) is -3.07. The van der Waals surface area contributed by atoms with E-state index >= 15 is 0 Å². The van der Waals surface area contributed by atoms with Gasteiger partial charge in [0.2, 0.25) is 5.91 Å². The lowest BCUT2D eigenvalue weighted by atomic mass is 10.2. The van der Waals surface area contributed by atoms with Crippen molar-refractivity contribution < 1.29 is 22.7 Å². The van der Waals surface area contributed by atoms with Gasteiger partial charge in [0, 0.05) is 19.0 Å². The summed E-state index contributed by atoms with van der Waals surface area (Å²) < 4.78 is 27.6. The maximum absolute atomic E-state index is 11.7. The Labute approximate surface area is 113 Å². The Balaban J connectivity index is 2.41. The van der Waals surface area contributed by atoms with Crippen LogP contribution in [0.25, 0.3) is 0 Å². The van der Waals surface area contributed by atoms with Gasteiger partial charge in [-0.2, -0.15) is 0 Å². The lowest BCUT2D eigenvalue weighted by molar-refractivity contribution is -0.146. The number of ether oxygens (including phenoxy) is 1. The number of hydrogen-bond donors (Lipinski definition) is 2. The van der Waals surface area contributed by atoms with E-state index in [2.05, 4.69) is 10.6 Å². The molecule has 1 fully saturated rings. The molecule has 2 unspecified atom stereocenters. The van der Waals surface area contributed by atoms with Crippen molar-refractivity contribution in [3.05, 3.63) is 0 Å². The Hall–Kier alpha value is -1.15. The van der Waals surface area contributed by atoms with Crippen LogP contribution in [-0.2, 0) is 24.2 Å². The molecule has 0 aliphatic carbocycles. The molecule has 0 spiro atoms. The molecule has 1 rings (SSSR count). The van der Waals surface area contributed by atoms with Crippen LogP contribution >= 0.6 is 0 Å². The van der Waals surface area contributed by atoms with Crippen molar-refractivity contribution >= 4 is 21.7 Å². The van der Waals surface area contributed by atoms with E-state index in [0.29, 0.717) is 6.54 Å². The number of rotatable bonds is 5. The fraction of sp³-hybridized carbons (Fsp3) is 0.818. The fourth-order valence-corrected chi connectivity index (χ4v) is 3.29. The molecular weight excluding hydrogens is 272 g/mol. The van der Waals surface area contributed by atoms with Gasteiger partial charge in [0.1, 0.15) is 6.04 Å². The zero-order valence-corrected chi connectivity index (χ0v) is 12.0. The molecule has 8 heteroatoms. The third-order valence-corrected chi connectivity index (χ3v) is 4.49. The molecule has 0 bridgehead atoms. The Bertz CT molecular complexity index is 434. The number of amides is 1. The Morgan fingerprint density at radius 1 is 1.47 bits per heavy atom. The number of hydrogen-bond acceptors (Lipinski definition) is 6. The first-order valence-corrected chi connectivity index (χ1v) is 8.06. The Morgan fingerprint density at radius 3 is 2.74 bits per heavy atom. The maximum Gasteiger partial charge on any atom is 0.328 e. The van der Waals surface area contributed by atoms with Crippen LogP contribution in [0.2, 0.25) is 0 Å². The molecule has 0 aromatic carbocycles. The molecular formula is C11H20N2O5S. The molecule has 1 saturated heterocycles. The lowest BCUT2D eigenvalue weighted by Crippen LogP contribution is -2.49. The molecule has 19 heavy (non-hydrogen) atoms. The summed E-state index contributed by atoms with van der Waals surface area (Å²) in [6, 6.07) is -1.12. The zero-order valence-electron chi connectivity index (χ0n) is 11.1. The van der Waals surface area contributed by atoms with Gasteiger partial charge < -0.3 is 15.4 Å². The first-order chi connectivity index (χ1) is 8.84. The van der Waals surface area contributed by atoms with E-state index in [0.717, 1.165) is 0 Å². The van der Waals surface area contributed by atoms with Crippen LogP contribution < -0.4 is 10.6 Å². The average Bonchev–Trinajstić information content (AvgIpc) is 2.27. The van der Waals surface area contributed by atoms with E-state index in [1.54, 1.807) is 6.92 Å². The molecule has 0 radical (unpaired) electrons. The van der Waals surface area contributed by atoms with Gasteiger partial charge in [-0.05, 0) is 13.8 Å². The summed E-state index contributed by atoms with van der Waals surface area (Å²) in [6.07, 6.45) is 0.0307. The molecule has 110 valence electrons. The van der Waals surface area contributed by atoms with Gasteiger partial charge in [-0.15, -0.1) is 0 Å². The lowest BCUT2D eigenvalue weighted by Gasteiger charge is -2.23. The molecule has 7 nitrogen and oxygen atoms in total. The quantitative estimate of drug-likeness (QED) is 0.619. The second kappa shape index (κ2) is 6.85. The largest absolute Gasteiger partial charge is 0.464 e. The summed E-state index contributed by atoms with van der Waals surface area (Å²) in [5.74, 6) is -0.811. The van der Waals surface area contributed by atoms with Crippen molar-refractivity contribution in [3.8, 4) is 0 Å². The van der Waals surface area contributed by atoms with Crippen LogP contribution in [-0.4, -0.2) is 57.0 Å². The third-order valence-electron chi connectivity index (χ3n) is 2.75. The molecule has 2 N–H and O–H groups in total. The van der Waals surface area contributed by atoms with Gasteiger partial charge in [0.05, 0.1) is 18.1 Å². The first-order valence-electron chi connectivity index (χ1n) is 6.24. The minimum Gasteiger partial charge on any atom is -0.464 e. The van der Waals surface area contributed by atoms with Gasteiger partial charge in [-0.25, -0.2) is 13.2 Å². The summed E-state index contributed by atoms with van der Waals surface area (Å²) in [4.78, 5) is 23.0. The SMILES string of the molecule is CCOC(=O)C(C)NC(=O)CC1CS(=O)(=O)CCN1. The van der Waals surface area contributed by atoms with Crippen LogP contribution in [0, 0.1) is 0 Å². The summed E-state index contributed by atoms with van der Waals surface area (Å²) in [5, 5.41) is 5.47. The standard InChI is InChI=1S/C11H20N2O5S/c1-3-18-11(15)8(2)13-10(14)6-9-7-19(16,17)5-4-12-9/h8-9,12H,3-7H2,1-2H3,(H,13,14). The number of nitrogens with one attached hydrogen (secondary N) is 2. The third kappa shape index (κ3) is 5.56. The number of sulfone groups is 1. The summed E-state index contributed by atoms with van der Waals surface area (Å²) in [5.41, 5.74) is 0. The predicted molar refractivity (Wildman–Crippen MR) is 69.3 cm³/mol. The molecule has 1 amide bonds. The van der Waals surface area contributed by atoms with Crippen molar-refractivity contribution in [2.45, 2.75) is 32.4 Å². The van der Waals surface area contributed by atoms with Gasteiger partial charge in [-0.3, -0.25) is 4.79 Å². The van der Waals surface area contributed by atoms with E-state index in [1.165, 1.54) is 6.92 Å². The first kappa shape index (κ1) is 15.9. The van der Waals surface area contributed by atoms with Gasteiger partial charge in [0.15, 0.2) is 9.84 Å². The summed E-state index contributed by atoms with van der Waals surface area (Å²) in [6.45, 7) is 3.82. The van der Waals surface area contributed by atoms with E-state index < -0.39 is 27.9 Å². The highest BCUT2D eigenvalue weighted by atomic mass is 32.2. The number of esters is 1. The van der Waals surface area contributed by atoms with Crippen LogP contribution in [0.1, 0.15) is 20.3 Å². The molecule has 0 saturated carbocycles. The zero-order chi connectivity index (χ0) is 14.5. The minimum absolute atomic E-state index is 0.0307. The van der Waals surface area contributed by atoms with Crippen molar-refractivity contribution in [3.63, 3.8) is 0 Å². The number of carbonyl (C=O) groups is 2. The smallest absolute Gasteiger partial charge is 0.328 e. The van der Waals surface area contributed by atoms with Crippen LogP contribution in [0.5, 0.6) is 0 Å². The second-order valence-corrected chi connectivity index (χ2v) is 6.74. The van der Waals surface area contributed by atoms with Crippen LogP contribution in [0.15, 0.2) is 0 Å². The van der Waals surface area contributed by atoms with Crippen molar-refractivity contribution in [1.29, 1.82) is 0 Å². The average molecular weight is 292 g/mol. The fourth-order valence-electron chi connectivity index (χ4n) is 1.85. The Morgan fingerprint density at radius 2 is 2.16 bits per heavy atom. The van der Waals surface area contributed by atoms with Gasteiger partial charge in [-0.1, -0.05) is 0 Å². The highest BCUT2D eigenvalue weighted by Gasteiger charge is 2.27. The van der Waals surface area contributed by atoms with Crippen LogP contribution in [0.4, 0.5) is 0 Å². The number of carbonyl (C=O) groups excluding carboxylic acids is 2. The molecule has 2 atom stereocenters.